The zero-order valence-corrected chi connectivity index (χ0v) is 9.54. The van der Waals surface area contributed by atoms with E-state index in [9.17, 15) is 9.50 Å². The van der Waals surface area contributed by atoms with Crippen molar-refractivity contribution in [2.75, 3.05) is 0 Å². The minimum Gasteiger partial charge on any atom is -0.383 e. The predicted molar refractivity (Wildman–Crippen MR) is 59.7 cm³/mol. The predicted octanol–water partition coefficient (Wildman–Crippen LogP) is 2.32. The fraction of sp³-hybridized carbons (Fsp3) is 0.273. The van der Waals surface area contributed by atoms with Crippen LogP contribution in [-0.2, 0) is 6.42 Å². The van der Waals surface area contributed by atoms with Crippen molar-refractivity contribution in [1.82, 2.24) is 9.59 Å². The van der Waals surface area contributed by atoms with Gasteiger partial charge in [0.25, 0.3) is 0 Å². The number of aryl methyl sites for hydroxylation is 1. The monoisotopic (exact) mass is 238 g/mol. The number of hydrogen-bond acceptors (Lipinski definition) is 4. The zero-order valence-electron chi connectivity index (χ0n) is 8.72. The van der Waals surface area contributed by atoms with Gasteiger partial charge in [-0.15, -0.1) is 5.10 Å². The first-order valence-corrected chi connectivity index (χ1v) is 5.74. The van der Waals surface area contributed by atoms with E-state index in [2.05, 4.69) is 9.59 Å². The Labute approximate surface area is 96.7 Å². The summed E-state index contributed by atoms with van der Waals surface area (Å²) in [6, 6.07) is 5.94. The lowest BCUT2D eigenvalue weighted by Crippen LogP contribution is -2.01. The molecule has 0 saturated heterocycles. The van der Waals surface area contributed by atoms with Gasteiger partial charge in [-0.2, -0.15) is 0 Å². The summed E-state index contributed by atoms with van der Waals surface area (Å²) in [6.45, 7) is 1.94. The molecule has 0 fully saturated rings. The highest BCUT2D eigenvalue weighted by molar-refractivity contribution is 7.05. The summed E-state index contributed by atoms with van der Waals surface area (Å²) in [6.07, 6.45) is -0.135. The number of nitrogens with zero attached hydrogens (tertiary/aromatic N) is 2. The van der Waals surface area contributed by atoms with Gasteiger partial charge in [0.1, 0.15) is 11.9 Å². The Morgan fingerprint density at radius 2 is 2.31 bits per heavy atom. The van der Waals surface area contributed by atoms with E-state index in [-0.39, 0.29) is 5.82 Å². The lowest BCUT2D eigenvalue weighted by molar-refractivity contribution is 0.222. The average molecular weight is 238 g/mol. The Kier molecular flexibility index (Phi) is 3.26. The first-order valence-electron chi connectivity index (χ1n) is 4.97. The molecule has 1 N–H and O–H groups in total. The molecule has 0 amide bonds. The third kappa shape index (κ3) is 2.10. The van der Waals surface area contributed by atoms with Gasteiger partial charge in [0.05, 0.1) is 10.6 Å². The van der Waals surface area contributed by atoms with Crippen LogP contribution in [0.2, 0.25) is 0 Å². The quantitative estimate of drug-likeness (QED) is 0.892. The topological polar surface area (TPSA) is 46.0 Å². The highest BCUT2D eigenvalue weighted by Crippen LogP contribution is 2.27. The van der Waals surface area contributed by atoms with Crippen LogP contribution in [0.5, 0.6) is 0 Å². The van der Waals surface area contributed by atoms with Gasteiger partial charge < -0.3 is 5.11 Å². The average Bonchev–Trinajstić information content (AvgIpc) is 2.76. The SMILES string of the molecule is CCc1nnsc1C(O)c1cccc(F)c1. The van der Waals surface area contributed by atoms with Crippen molar-refractivity contribution in [3.63, 3.8) is 0 Å². The second kappa shape index (κ2) is 4.67. The molecule has 1 atom stereocenters. The molecule has 3 nitrogen and oxygen atoms in total. The molecule has 5 heteroatoms. The number of benzene rings is 1. The van der Waals surface area contributed by atoms with Crippen LogP contribution in [-0.4, -0.2) is 14.7 Å². The molecule has 84 valence electrons. The molecule has 2 aromatic rings. The van der Waals surface area contributed by atoms with Crippen LogP contribution in [0, 0.1) is 5.82 Å². The molecule has 1 aromatic carbocycles. The summed E-state index contributed by atoms with van der Waals surface area (Å²) in [7, 11) is 0. The first kappa shape index (κ1) is 11.2. The van der Waals surface area contributed by atoms with Gasteiger partial charge in [-0.05, 0) is 35.6 Å². The van der Waals surface area contributed by atoms with E-state index in [0.717, 1.165) is 17.2 Å². The number of rotatable bonds is 3. The van der Waals surface area contributed by atoms with Crippen LogP contribution < -0.4 is 0 Å². The summed E-state index contributed by atoms with van der Waals surface area (Å²) in [5.41, 5.74) is 1.29. The number of hydrogen-bond donors (Lipinski definition) is 1. The Morgan fingerprint density at radius 3 is 3.00 bits per heavy atom. The molecule has 0 aliphatic rings. The maximum Gasteiger partial charge on any atom is 0.123 e. The number of aliphatic hydroxyl groups excluding tert-OH is 1. The fourth-order valence-electron chi connectivity index (χ4n) is 1.50. The summed E-state index contributed by atoms with van der Waals surface area (Å²) in [4.78, 5) is 0.688. The second-order valence-corrected chi connectivity index (χ2v) is 4.18. The van der Waals surface area contributed by atoms with E-state index in [1.165, 1.54) is 12.1 Å². The van der Waals surface area contributed by atoms with Gasteiger partial charge in [-0.25, -0.2) is 4.39 Å². The molecule has 2 rings (SSSR count). The highest BCUT2D eigenvalue weighted by atomic mass is 32.1. The van der Waals surface area contributed by atoms with E-state index < -0.39 is 6.10 Å². The molecule has 16 heavy (non-hydrogen) atoms. The van der Waals surface area contributed by atoms with E-state index in [1.54, 1.807) is 12.1 Å². The third-order valence-corrected chi connectivity index (χ3v) is 3.15. The minimum absolute atomic E-state index is 0.355. The van der Waals surface area contributed by atoms with Crippen molar-refractivity contribution in [3.05, 3.63) is 46.2 Å². The normalized spacial score (nSPS) is 12.7. The number of aliphatic hydroxyl groups is 1. The molecule has 1 heterocycles. The molecule has 1 aromatic heterocycles. The van der Waals surface area contributed by atoms with Gasteiger partial charge in [-0.1, -0.05) is 23.5 Å². The summed E-state index contributed by atoms with van der Waals surface area (Å²) in [5.74, 6) is -0.355. The van der Waals surface area contributed by atoms with Gasteiger partial charge in [0, 0.05) is 0 Å². The number of aromatic nitrogens is 2. The molecule has 0 saturated carbocycles. The van der Waals surface area contributed by atoms with E-state index >= 15 is 0 Å². The van der Waals surface area contributed by atoms with Crippen LogP contribution in [0.4, 0.5) is 4.39 Å². The molecule has 0 aliphatic heterocycles. The van der Waals surface area contributed by atoms with Crippen molar-refractivity contribution in [3.8, 4) is 0 Å². The van der Waals surface area contributed by atoms with E-state index in [1.807, 2.05) is 6.92 Å². The fourth-order valence-corrected chi connectivity index (χ4v) is 2.25. The molecule has 0 bridgehead atoms. The van der Waals surface area contributed by atoms with Crippen LogP contribution >= 0.6 is 11.5 Å². The number of halogens is 1. The van der Waals surface area contributed by atoms with Gasteiger partial charge in [-0.3, -0.25) is 0 Å². The molecule has 0 aliphatic carbocycles. The van der Waals surface area contributed by atoms with Crippen molar-refractivity contribution in [2.24, 2.45) is 0 Å². The maximum atomic E-state index is 13.0. The van der Waals surface area contributed by atoms with E-state index in [4.69, 9.17) is 0 Å². The Morgan fingerprint density at radius 1 is 1.50 bits per heavy atom. The van der Waals surface area contributed by atoms with Crippen LogP contribution in [0.3, 0.4) is 0 Å². The maximum absolute atomic E-state index is 13.0. The summed E-state index contributed by atoms with van der Waals surface area (Å²) >= 11 is 1.15. The summed E-state index contributed by atoms with van der Waals surface area (Å²) in [5, 5.41) is 14.0. The van der Waals surface area contributed by atoms with Crippen molar-refractivity contribution in [2.45, 2.75) is 19.4 Å². The minimum atomic E-state index is -0.842. The largest absolute Gasteiger partial charge is 0.383 e. The van der Waals surface area contributed by atoms with Crippen molar-refractivity contribution >= 4 is 11.5 Å². The highest BCUT2D eigenvalue weighted by Gasteiger charge is 2.17. The molecule has 1 unspecified atom stereocenters. The Hall–Kier alpha value is -1.33. The summed E-state index contributed by atoms with van der Waals surface area (Å²) < 4.78 is 16.8. The Balaban J connectivity index is 2.35. The molecular formula is C11H11FN2OS. The smallest absolute Gasteiger partial charge is 0.123 e. The first-order chi connectivity index (χ1) is 7.72. The lowest BCUT2D eigenvalue weighted by Gasteiger charge is -2.09. The van der Waals surface area contributed by atoms with Gasteiger partial charge >= 0.3 is 0 Å². The molecule has 0 spiro atoms. The van der Waals surface area contributed by atoms with Crippen LogP contribution in [0.25, 0.3) is 0 Å². The van der Waals surface area contributed by atoms with Crippen LogP contribution in [0.15, 0.2) is 24.3 Å². The van der Waals surface area contributed by atoms with Gasteiger partial charge in [0.2, 0.25) is 0 Å². The third-order valence-electron chi connectivity index (χ3n) is 2.33. The Bertz CT molecular complexity index is 486. The lowest BCUT2D eigenvalue weighted by atomic mass is 10.1. The molecule has 0 radical (unpaired) electrons. The van der Waals surface area contributed by atoms with E-state index in [0.29, 0.717) is 16.9 Å². The zero-order chi connectivity index (χ0) is 11.5. The van der Waals surface area contributed by atoms with Crippen LogP contribution in [0.1, 0.15) is 29.2 Å². The molecular weight excluding hydrogens is 227 g/mol. The van der Waals surface area contributed by atoms with Crippen molar-refractivity contribution < 1.29 is 9.50 Å². The standard InChI is InChI=1S/C11H11FN2OS/c1-2-9-11(16-14-13-9)10(15)7-4-3-5-8(12)6-7/h3-6,10,15H,2H2,1H3. The van der Waals surface area contributed by atoms with Gasteiger partial charge in [0.15, 0.2) is 0 Å². The second-order valence-electron chi connectivity index (χ2n) is 3.39. The van der Waals surface area contributed by atoms with Crippen molar-refractivity contribution in [1.29, 1.82) is 0 Å².